The molecule has 0 fully saturated rings. The Morgan fingerprint density at radius 3 is 2.72 bits per heavy atom. The van der Waals surface area contributed by atoms with Gasteiger partial charge in [0.2, 0.25) is 0 Å². The average molecular weight is 248 g/mol. The number of aromatic nitrogens is 4. The van der Waals surface area contributed by atoms with Crippen molar-refractivity contribution in [2.45, 2.75) is 46.4 Å². The van der Waals surface area contributed by atoms with Crippen LogP contribution in [-0.2, 0) is 19.5 Å². The van der Waals surface area contributed by atoms with Gasteiger partial charge < -0.3 is 5.11 Å². The molecule has 1 unspecified atom stereocenters. The van der Waals surface area contributed by atoms with Crippen molar-refractivity contribution in [2.24, 2.45) is 0 Å². The fourth-order valence-corrected chi connectivity index (χ4v) is 1.94. The Morgan fingerprint density at radius 1 is 1.39 bits per heavy atom. The van der Waals surface area contributed by atoms with Crippen molar-refractivity contribution in [3.63, 3.8) is 0 Å². The number of aryl methyl sites for hydroxylation is 2. The molecule has 98 valence electrons. The van der Waals surface area contributed by atoms with Gasteiger partial charge in [0.15, 0.2) is 0 Å². The zero-order chi connectivity index (χ0) is 13.1. The lowest BCUT2D eigenvalue weighted by molar-refractivity contribution is 0.199. The molecule has 0 bridgehead atoms. The normalized spacial score (nSPS) is 12.9. The van der Waals surface area contributed by atoms with Gasteiger partial charge in [-0.1, -0.05) is 6.92 Å². The van der Waals surface area contributed by atoms with Crippen LogP contribution in [0.15, 0.2) is 18.5 Å². The Labute approximate surface area is 107 Å². The summed E-state index contributed by atoms with van der Waals surface area (Å²) in [6.07, 6.45) is 4.06. The lowest BCUT2D eigenvalue weighted by atomic mass is 10.2. The van der Waals surface area contributed by atoms with Crippen molar-refractivity contribution in [3.05, 3.63) is 35.4 Å². The minimum absolute atomic E-state index is 0.471. The molecule has 0 aromatic carbocycles. The zero-order valence-electron chi connectivity index (χ0n) is 11.2. The third-order valence-electron chi connectivity index (χ3n) is 3.04. The first-order valence-electron chi connectivity index (χ1n) is 6.40. The molecule has 1 atom stereocenters. The predicted molar refractivity (Wildman–Crippen MR) is 69.2 cm³/mol. The van der Waals surface area contributed by atoms with Crippen LogP contribution in [-0.4, -0.2) is 24.7 Å². The van der Waals surface area contributed by atoms with E-state index in [2.05, 4.69) is 30.1 Å². The maximum Gasteiger partial charge on any atom is 0.0828 e. The fourth-order valence-electron chi connectivity index (χ4n) is 1.94. The van der Waals surface area contributed by atoms with Gasteiger partial charge in [-0.15, -0.1) is 0 Å². The van der Waals surface area contributed by atoms with E-state index < -0.39 is 6.10 Å². The molecular formula is C13H20N4O. The van der Waals surface area contributed by atoms with Gasteiger partial charge in [0, 0.05) is 18.3 Å². The first-order chi connectivity index (χ1) is 8.63. The highest BCUT2D eigenvalue weighted by Crippen LogP contribution is 2.12. The predicted octanol–water partition coefficient (Wildman–Crippen LogP) is 1.76. The second-order valence-corrected chi connectivity index (χ2v) is 4.44. The molecule has 2 aromatic rings. The van der Waals surface area contributed by atoms with E-state index in [4.69, 9.17) is 0 Å². The van der Waals surface area contributed by atoms with E-state index in [-0.39, 0.29) is 0 Å². The fraction of sp³-hybridized carbons (Fsp3) is 0.538. The second kappa shape index (κ2) is 5.35. The largest absolute Gasteiger partial charge is 0.389 e. The third kappa shape index (κ3) is 2.61. The van der Waals surface area contributed by atoms with Gasteiger partial charge in [0.1, 0.15) is 0 Å². The molecule has 0 saturated carbocycles. The van der Waals surface area contributed by atoms with Crippen molar-refractivity contribution < 1.29 is 5.11 Å². The lowest BCUT2D eigenvalue weighted by Gasteiger charge is -2.04. The van der Waals surface area contributed by atoms with Crippen LogP contribution in [0.5, 0.6) is 0 Å². The van der Waals surface area contributed by atoms with E-state index in [1.807, 2.05) is 15.6 Å². The van der Waals surface area contributed by atoms with E-state index in [0.717, 1.165) is 29.9 Å². The summed E-state index contributed by atoms with van der Waals surface area (Å²) >= 11 is 0. The molecule has 2 rings (SSSR count). The summed E-state index contributed by atoms with van der Waals surface area (Å²) in [4.78, 5) is 0. The molecule has 5 nitrogen and oxygen atoms in total. The Balaban J connectivity index is 2.19. The molecular weight excluding hydrogens is 228 g/mol. The van der Waals surface area contributed by atoms with E-state index in [0.29, 0.717) is 6.54 Å². The summed E-state index contributed by atoms with van der Waals surface area (Å²) in [5, 5.41) is 18.2. The quantitative estimate of drug-likeness (QED) is 0.877. The van der Waals surface area contributed by atoms with Gasteiger partial charge >= 0.3 is 0 Å². The molecule has 0 aliphatic carbocycles. The van der Waals surface area contributed by atoms with Crippen molar-refractivity contribution in [1.29, 1.82) is 0 Å². The third-order valence-corrected chi connectivity index (χ3v) is 3.04. The van der Waals surface area contributed by atoms with Gasteiger partial charge in [-0.05, 0) is 26.3 Å². The highest BCUT2D eigenvalue weighted by molar-refractivity contribution is 5.12. The molecule has 18 heavy (non-hydrogen) atoms. The number of nitrogens with zero attached hydrogens (tertiary/aromatic N) is 4. The molecule has 0 saturated heterocycles. The van der Waals surface area contributed by atoms with Crippen LogP contribution in [0.1, 0.15) is 43.8 Å². The van der Waals surface area contributed by atoms with E-state index >= 15 is 0 Å². The second-order valence-electron chi connectivity index (χ2n) is 4.44. The number of aliphatic hydroxyl groups excluding tert-OH is 1. The average Bonchev–Trinajstić information content (AvgIpc) is 2.96. The maximum atomic E-state index is 9.48. The minimum atomic E-state index is -0.471. The Hall–Kier alpha value is -1.62. The van der Waals surface area contributed by atoms with Crippen LogP contribution in [0.25, 0.3) is 0 Å². The monoisotopic (exact) mass is 248 g/mol. The molecule has 0 amide bonds. The van der Waals surface area contributed by atoms with Gasteiger partial charge in [0.05, 0.1) is 30.2 Å². The molecule has 5 heteroatoms. The van der Waals surface area contributed by atoms with E-state index in [1.54, 1.807) is 13.1 Å². The summed E-state index contributed by atoms with van der Waals surface area (Å²) in [5.41, 5.74) is 3.10. The highest BCUT2D eigenvalue weighted by atomic mass is 16.3. The van der Waals surface area contributed by atoms with Crippen LogP contribution < -0.4 is 0 Å². The first-order valence-corrected chi connectivity index (χ1v) is 6.40. The summed E-state index contributed by atoms with van der Waals surface area (Å²) in [5.74, 6) is 0. The van der Waals surface area contributed by atoms with E-state index in [1.165, 1.54) is 0 Å². The zero-order valence-corrected chi connectivity index (χ0v) is 11.2. The van der Waals surface area contributed by atoms with Crippen LogP contribution >= 0.6 is 0 Å². The number of hydrogen-bond acceptors (Lipinski definition) is 3. The number of aliphatic hydroxyl groups is 1. The van der Waals surface area contributed by atoms with Crippen LogP contribution in [0, 0.1) is 0 Å². The molecule has 0 aliphatic rings. The molecule has 1 N–H and O–H groups in total. The van der Waals surface area contributed by atoms with Gasteiger partial charge in [-0.3, -0.25) is 9.36 Å². The van der Waals surface area contributed by atoms with Gasteiger partial charge in [0.25, 0.3) is 0 Å². The van der Waals surface area contributed by atoms with Crippen molar-refractivity contribution in [1.82, 2.24) is 19.6 Å². The van der Waals surface area contributed by atoms with E-state index in [9.17, 15) is 5.11 Å². The lowest BCUT2D eigenvalue weighted by Crippen LogP contribution is -2.08. The van der Waals surface area contributed by atoms with Crippen LogP contribution in [0.2, 0.25) is 0 Å². The topological polar surface area (TPSA) is 55.9 Å². The molecule has 0 aliphatic heterocycles. The summed E-state index contributed by atoms with van der Waals surface area (Å²) < 4.78 is 3.84. The first kappa shape index (κ1) is 12.8. The van der Waals surface area contributed by atoms with Gasteiger partial charge in [-0.25, -0.2) is 0 Å². The maximum absolute atomic E-state index is 9.48. The SMILES string of the molecule is CCc1cc(Cn2cc(C(C)O)cn2)n(CC)n1. The van der Waals surface area contributed by atoms with Crippen molar-refractivity contribution in [2.75, 3.05) is 0 Å². The molecule has 2 aromatic heterocycles. The summed E-state index contributed by atoms with van der Waals surface area (Å²) in [6, 6.07) is 2.12. The van der Waals surface area contributed by atoms with Crippen LogP contribution in [0.3, 0.4) is 0 Å². The molecule has 0 spiro atoms. The summed E-state index contributed by atoms with van der Waals surface area (Å²) in [6.45, 7) is 7.48. The smallest absolute Gasteiger partial charge is 0.0828 e. The number of rotatable bonds is 5. The van der Waals surface area contributed by atoms with Crippen LogP contribution in [0.4, 0.5) is 0 Å². The Bertz CT molecular complexity index is 513. The van der Waals surface area contributed by atoms with Crippen molar-refractivity contribution >= 4 is 0 Å². The Morgan fingerprint density at radius 2 is 2.17 bits per heavy atom. The highest BCUT2D eigenvalue weighted by Gasteiger charge is 2.08. The van der Waals surface area contributed by atoms with Crippen molar-refractivity contribution in [3.8, 4) is 0 Å². The summed E-state index contributed by atoms with van der Waals surface area (Å²) in [7, 11) is 0. The molecule has 2 heterocycles. The standard InChI is InChI=1S/C13H20N4O/c1-4-12-6-13(17(5-2)15-12)9-16-8-11(7-14-16)10(3)18/h6-8,10,18H,4-5,9H2,1-3H3. The minimum Gasteiger partial charge on any atom is -0.389 e. The Kier molecular flexibility index (Phi) is 3.81. The van der Waals surface area contributed by atoms with Gasteiger partial charge in [-0.2, -0.15) is 10.2 Å². The molecule has 0 radical (unpaired) electrons. The number of hydrogen-bond donors (Lipinski definition) is 1.